The number of rotatable bonds is 2. The quantitative estimate of drug-likeness (QED) is 0.721. The van der Waals surface area contributed by atoms with Gasteiger partial charge in [0.15, 0.2) is 0 Å². The molecule has 0 bridgehead atoms. The van der Waals surface area contributed by atoms with Crippen LogP contribution in [0.15, 0.2) is 6.07 Å². The van der Waals surface area contributed by atoms with Crippen LogP contribution in [0.25, 0.3) is 0 Å². The Morgan fingerprint density at radius 3 is 2.54 bits per heavy atom. The highest BCUT2D eigenvalue weighted by atomic mass is 16.3. The number of aromatic nitrogens is 1. The van der Waals surface area contributed by atoms with Crippen molar-refractivity contribution in [1.29, 1.82) is 0 Å². The number of aryl methyl sites for hydroxylation is 2. The predicted octanol–water partition coefficient (Wildman–Crippen LogP) is 1.24. The summed E-state index contributed by atoms with van der Waals surface area (Å²) >= 11 is 0. The fourth-order valence-electron chi connectivity index (χ4n) is 1.62. The van der Waals surface area contributed by atoms with Crippen molar-refractivity contribution in [2.45, 2.75) is 33.5 Å². The van der Waals surface area contributed by atoms with E-state index in [4.69, 9.17) is 5.11 Å². The van der Waals surface area contributed by atoms with Crippen molar-refractivity contribution in [3.05, 3.63) is 28.6 Å². The second kappa shape index (κ2) is 3.85. The third-order valence-corrected chi connectivity index (χ3v) is 2.04. The highest BCUT2D eigenvalue weighted by Gasteiger charge is 2.12. The molecule has 1 rings (SSSR count). The zero-order valence-electron chi connectivity index (χ0n) is 8.20. The molecule has 13 heavy (non-hydrogen) atoms. The van der Waals surface area contributed by atoms with Crippen LogP contribution in [0, 0.1) is 13.8 Å². The smallest absolute Gasteiger partial charge is 0.0857 e. The Kier molecular flexibility index (Phi) is 3.01. The molecule has 1 heterocycles. The largest absolute Gasteiger partial charge is 0.390 e. The summed E-state index contributed by atoms with van der Waals surface area (Å²) in [5.41, 5.74) is 3.16. The van der Waals surface area contributed by atoms with Crippen LogP contribution in [0.2, 0.25) is 0 Å². The zero-order chi connectivity index (χ0) is 10.0. The monoisotopic (exact) mass is 181 g/mol. The van der Waals surface area contributed by atoms with E-state index >= 15 is 0 Å². The summed E-state index contributed by atoms with van der Waals surface area (Å²) in [6.45, 7) is 5.34. The van der Waals surface area contributed by atoms with Gasteiger partial charge in [0.1, 0.15) is 0 Å². The van der Waals surface area contributed by atoms with Gasteiger partial charge in [-0.3, -0.25) is 4.98 Å². The van der Waals surface area contributed by atoms with Gasteiger partial charge in [-0.1, -0.05) is 0 Å². The van der Waals surface area contributed by atoms with E-state index in [1.807, 2.05) is 19.9 Å². The van der Waals surface area contributed by atoms with Gasteiger partial charge in [0, 0.05) is 11.3 Å². The predicted molar refractivity (Wildman–Crippen MR) is 50.3 cm³/mol. The molecule has 1 unspecified atom stereocenters. The van der Waals surface area contributed by atoms with E-state index in [9.17, 15) is 5.11 Å². The molecule has 2 N–H and O–H groups in total. The minimum Gasteiger partial charge on any atom is -0.390 e. The maximum Gasteiger partial charge on any atom is 0.0857 e. The molecule has 1 aromatic heterocycles. The topological polar surface area (TPSA) is 53.4 Å². The van der Waals surface area contributed by atoms with E-state index in [1.165, 1.54) is 0 Å². The van der Waals surface area contributed by atoms with Crippen molar-refractivity contribution in [2.24, 2.45) is 0 Å². The first-order valence-electron chi connectivity index (χ1n) is 4.32. The summed E-state index contributed by atoms with van der Waals surface area (Å²) in [6, 6.07) is 1.90. The first-order valence-corrected chi connectivity index (χ1v) is 4.32. The van der Waals surface area contributed by atoms with Gasteiger partial charge in [0.25, 0.3) is 0 Å². The molecule has 0 amide bonds. The van der Waals surface area contributed by atoms with Crippen LogP contribution in [0.4, 0.5) is 0 Å². The van der Waals surface area contributed by atoms with E-state index < -0.39 is 6.10 Å². The molecule has 0 aliphatic heterocycles. The molecule has 0 saturated carbocycles. The van der Waals surface area contributed by atoms with Crippen molar-refractivity contribution in [3.8, 4) is 0 Å². The van der Waals surface area contributed by atoms with E-state index in [0.717, 1.165) is 16.8 Å². The van der Waals surface area contributed by atoms with Crippen LogP contribution in [-0.2, 0) is 6.61 Å². The summed E-state index contributed by atoms with van der Waals surface area (Å²) in [4.78, 5) is 4.16. The normalized spacial score (nSPS) is 13.0. The highest BCUT2D eigenvalue weighted by Crippen LogP contribution is 2.21. The molecule has 0 saturated heterocycles. The number of nitrogens with zero attached hydrogens (tertiary/aromatic N) is 1. The lowest BCUT2D eigenvalue weighted by Crippen LogP contribution is -2.05. The van der Waals surface area contributed by atoms with Crippen molar-refractivity contribution in [3.63, 3.8) is 0 Å². The first-order chi connectivity index (χ1) is 6.06. The van der Waals surface area contributed by atoms with Crippen molar-refractivity contribution in [2.75, 3.05) is 0 Å². The Balaban J connectivity index is 3.30. The van der Waals surface area contributed by atoms with E-state index in [0.29, 0.717) is 5.69 Å². The van der Waals surface area contributed by atoms with Gasteiger partial charge in [0.2, 0.25) is 0 Å². The third-order valence-electron chi connectivity index (χ3n) is 2.04. The fraction of sp³-hybridized carbons (Fsp3) is 0.500. The molecular weight excluding hydrogens is 166 g/mol. The minimum atomic E-state index is -0.574. The number of pyridine rings is 1. The Morgan fingerprint density at radius 2 is 2.08 bits per heavy atom. The third kappa shape index (κ3) is 2.05. The van der Waals surface area contributed by atoms with Gasteiger partial charge in [-0.2, -0.15) is 0 Å². The summed E-state index contributed by atoms with van der Waals surface area (Å²) in [6.07, 6.45) is -0.574. The maximum atomic E-state index is 9.46. The van der Waals surface area contributed by atoms with Gasteiger partial charge in [-0.05, 0) is 32.4 Å². The van der Waals surface area contributed by atoms with E-state index in [1.54, 1.807) is 6.92 Å². The van der Waals surface area contributed by atoms with Gasteiger partial charge < -0.3 is 10.2 Å². The summed E-state index contributed by atoms with van der Waals surface area (Å²) in [5.74, 6) is 0. The van der Waals surface area contributed by atoms with Gasteiger partial charge >= 0.3 is 0 Å². The summed E-state index contributed by atoms with van der Waals surface area (Å²) < 4.78 is 0. The summed E-state index contributed by atoms with van der Waals surface area (Å²) in [5, 5.41) is 18.5. The number of hydrogen-bond donors (Lipinski definition) is 2. The Hall–Kier alpha value is -0.930. The molecule has 72 valence electrons. The fourth-order valence-corrected chi connectivity index (χ4v) is 1.62. The van der Waals surface area contributed by atoms with Gasteiger partial charge in [-0.15, -0.1) is 0 Å². The first kappa shape index (κ1) is 10.2. The van der Waals surface area contributed by atoms with Crippen molar-refractivity contribution >= 4 is 0 Å². The molecule has 0 radical (unpaired) electrons. The maximum absolute atomic E-state index is 9.46. The average molecular weight is 181 g/mol. The van der Waals surface area contributed by atoms with E-state index in [2.05, 4.69) is 4.98 Å². The number of hydrogen-bond acceptors (Lipinski definition) is 3. The van der Waals surface area contributed by atoms with Gasteiger partial charge in [-0.25, -0.2) is 0 Å². The van der Waals surface area contributed by atoms with Crippen LogP contribution in [0.5, 0.6) is 0 Å². The Labute approximate surface area is 78.1 Å². The van der Waals surface area contributed by atoms with Crippen LogP contribution in [-0.4, -0.2) is 15.2 Å². The number of aliphatic hydroxyl groups excluding tert-OH is 2. The SMILES string of the molecule is Cc1cc(C)c(C(C)O)c(CO)n1. The van der Waals surface area contributed by atoms with Crippen LogP contribution < -0.4 is 0 Å². The second-order valence-electron chi connectivity index (χ2n) is 3.27. The van der Waals surface area contributed by atoms with Crippen LogP contribution in [0.3, 0.4) is 0 Å². The standard InChI is InChI=1S/C10H15NO2/c1-6-4-7(2)11-9(5-12)10(6)8(3)13/h4,8,12-13H,5H2,1-3H3. The lowest BCUT2D eigenvalue weighted by atomic mass is 10.0. The Morgan fingerprint density at radius 1 is 1.46 bits per heavy atom. The molecule has 1 aromatic rings. The molecule has 0 aliphatic rings. The van der Waals surface area contributed by atoms with Crippen LogP contribution >= 0.6 is 0 Å². The average Bonchev–Trinajstić information content (AvgIpc) is 2.01. The molecule has 0 spiro atoms. The molecule has 1 atom stereocenters. The van der Waals surface area contributed by atoms with E-state index in [-0.39, 0.29) is 6.61 Å². The molecule has 0 aromatic carbocycles. The van der Waals surface area contributed by atoms with Crippen molar-refractivity contribution < 1.29 is 10.2 Å². The second-order valence-corrected chi connectivity index (χ2v) is 3.27. The van der Waals surface area contributed by atoms with Crippen LogP contribution in [0.1, 0.15) is 35.5 Å². The van der Waals surface area contributed by atoms with Crippen molar-refractivity contribution in [1.82, 2.24) is 4.98 Å². The lowest BCUT2D eigenvalue weighted by Gasteiger charge is -2.13. The molecular formula is C10H15NO2. The lowest BCUT2D eigenvalue weighted by molar-refractivity contribution is 0.191. The summed E-state index contributed by atoms with van der Waals surface area (Å²) in [7, 11) is 0. The molecule has 3 nitrogen and oxygen atoms in total. The van der Waals surface area contributed by atoms with Gasteiger partial charge in [0.05, 0.1) is 18.4 Å². The number of aliphatic hydroxyl groups is 2. The molecule has 3 heteroatoms. The minimum absolute atomic E-state index is 0.122. The Bertz CT molecular complexity index is 308. The zero-order valence-corrected chi connectivity index (χ0v) is 8.20. The molecule has 0 fully saturated rings. The molecule has 0 aliphatic carbocycles. The highest BCUT2D eigenvalue weighted by molar-refractivity contribution is 5.32.